The van der Waals surface area contributed by atoms with Crippen LogP contribution in [-0.2, 0) is 11.3 Å². The Morgan fingerprint density at radius 2 is 1.83 bits per heavy atom. The Bertz CT molecular complexity index is 876. The molecule has 0 amide bonds. The van der Waals surface area contributed by atoms with Gasteiger partial charge in [0.1, 0.15) is 11.3 Å². The highest BCUT2D eigenvalue weighted by Gasteiger charge is 2.32. The molecule has 0 spiro atoms. The molecule has 0 aliphatic carbocycles. The zero-order valence-electron chi connectivity index (χ0n) is 15.4. The molecule has 0 fully saturated rings. The summed E-state index contributed by atoms with van der Waals surface area (Å²) in [5.41, 5.74) is 6.59. The van der Waals surface area contributed by atoms with Crippen LogP contribution in [0.4, 0.5) is 18.9 Å². The number of nitrogens with two attached hydrogens (primary N) is 1. The van der Waals surface area contributed by atoms with Crippen molar-refractivity contribution in [3.05, 3.63) is 53.6 Å². The summed E-state index contributed by atoms with van der Waals surface area (Å²) in [6.45, 7) is 0.0646. The van der Waals surface area contributed by atoms with Crippen molar-refractivity contribution >= 4 is 41.6 Å². The highest BCUT2D eigenvalue weighted by atomic mass is 127. The Morgan fingerprint density at radius 1 is 1.14 bits per heavy atom. The van der Waals surface area contributed by atoms with Gasteiger partial charge in [0.2, 0.25) is 0 Å². The summed E-state index contributed by atoms with van der Waals surface area (Å²) >= 11 is 0. The van der Waals surface area contributed by atoms with Gasteiger partial charge in [0.25, 0.3) is 0 Å². The summed E-state index contributed by atoms with van der Waals surface area (Å²) in [7, 11) is 2.66. The molecule has 0 radical (unpaired) electrons. The molecule has 2 aromatic rings. The third kappa shape index (κ3) is 7.33. The summed E-state index contributed by atoms with van der Waals surface area (Å²) in [5, 5.41) is 2.56. The fraction of sp³-hybridized carbons (Fsp3) is 0.222. The predicted molar refractivity (Wildman–Crippen MR) is 112 cm³/mol. The lowest BCUT2D eigenvalue weighted by Gasteiger charge is -2.14. The molecule has 0 bridgehead atoms. The van der Waals surface area contributed by atoms with Crippen molar-refractivity contribution in [3.63, 3.8) is 0 Å². The average molecular weight is 525 g/mol. The molecule has 0 heterocycles. The fourth-order valence-electron chi connectivity index (χ4n) is 2.26. The molecule has 2 aromatic carbocycles. The molecule has 0 saturated heterocycles. The van der Waals surface area contributed by atoms with E-state index in [4.69, 9.17) is 15.2 Å². The van der Waals surface area contributed by atoms with E-state index in [2.05, 4.69) is 15.0 Å². The van der Waals surface area contributed by atoms with Crippen molar-refractivity contribution in [1.82, 2.24) is 0 Å². The lowest BCUT2D eigenvalue weighted by atomic mass is 10.1. The number of anilines is 1. The molecule has 158 valence electrons. The molecule has 0 aromatic heterocycles. The number of nitrogens with one attached hydrogen (secondary N) is 1. The highest BCUT2D eigenvalue weighted by Crippen LogP contribution is 2.29. The first kappa shape index (κ1) is 24.3. The number of hydrogen-bond donors (Lipinski definition) is 2. The number of guanidine groups is 1. The van der Waals surface area contributed by atoms with Gasteiger partial charge >= 0.3 is 12.3 Å². The third-order valence-electron chi connectivity index (χ3n) is 3.48. The lowest BCUT2D eigenvalue weighted by Crippen LogP contribution is -2.24. The maximum absolute atomic E-state index is 12.5. The zero-order chi connectivity index (χ0) is 20.7. The molecule has 11 heteroatoms. The third-order valence-corrected chi connectivity index (χ3v) is 3.48. The predicted octanol–water partition coefficient (Wildman–Crippen LogP) is 3.93. The Kier molecular flexibility index (Phi) is 9.01. The zero-order valence-corrected chi connectivity index (χ0v) is 17.8. The minimum absolute atomic E-state index is 0. The fourth-order valence-corrected chi connectivity index (χ4v) is 2.26. The molecule has 0 aliphatic heterocycles. The average Bonchev–Trinajstić information content (AvgIpc) is 2.66. The van der Waals surface area contributed by atoms with Gasteiger partial charge in [-0.1, -0.05) is 18.2 Å². The van der Waals surface area contributed by atoms with Crippen molar-refractivity contribution in [2.75, 3.05) is 19.5 Å². The molecule has 0 atom stereocenters. The number of rotatable bonds is 6. The van der Waals surface area contributed by atoms with E-state index in [9.17, 15) is 18.0 Å². The molecule has 2 rings (SSSR count). The minimum Gasteiger partial charge on any atom is -0.496 e. The number of ether oxygens (including phenoxy) is 3. The molecule has 0 unspecified atom stereocenters. The van der Waals surface area contributed by atoms with Crippen molar-refractivity contribution in [2.45, 2.75) is 12.9 Å². The summed E-state index contributed by atoms with van der Waals surface area (Å²) in [6, 6.07) is 10.2. The van der Waals surface area contributed by atoms with Crippen LogP contribution in [0.2, 0.25) is 0 Å². The number of halogens is 4. The largest absolute Gasteiger partial charge is 0.573 e. The number of hydrogen-bond acceptors (Lipinski definition) is 5. The molecule has 0 aliphatic rings. The molecule has 7 nitrogen and oxygen atoms in total. The van der Waals surface area contributed by atoms with Crippen LogP contribution in [0.3, 0.4) is 0 Å². The molecular formula is C18H19F3IN3O4. The molecule has 3 N–H and O–H groups in total. The number of nitrogens with zero attached hydrogens (tertiary/aromatic N) is 1. The van der Waals surface area contributed by atoms with Crippen LogP contribution in [0.1, 0.15) is 15.9 Å². The number of para-hydroxylation sites is 2. The van der Waals surface area contributed by atoms with E-state index in [-0.39, 0.29) is 47.7 Å². The number of carbonyl (C=O) groups is 1. The van der Waals surface area contributed by atoms with Gasteiger partial charge in [0.05, 0.1) is 26.5 Å². The number of benzene rings is 2. The van der Waals surface area contributed by atoms with Crippen LogP contribution in [0.15, 0.2) is 47.5 Å². The van der Waals surface area contributed by atoms with Gasteiger partial charge < -0.3 is 25.3 Å². The first-order chi connectivity index (χ1) is 13.2. The molecular weight excluding hydrogens is 506 g/mol. The Hall–Kier alpha value is -2.70. The van der Waals surface area contributed by atoms with Gasteiger partial charge in [-0.15, -0.1) is 37.1 Å². The van der Waals surface area contributed by atoms with Crippen molar-refractivity contribution in [1.29, 1.82) is 0 Å². The first-order valence-corrected chi connectivity index (χ1v) is 7.90. The lowest BCUT2D eigenvalue weighted by molar-refractivity contribution is -0.274. The summed E-state index contributed by atoms with van der Waals surface area (Å²) in [6.07, 6.45) is -4.84. The Morgan fingerprint density at radius 3 is 2.45 bits per heavy atom. The standard InChI is InChI=1S/C18H18F3N3O4.HI/c1-26-14-8-7-11(9-12(14)16(25)27-2)10-23-17(22)24-13-5-3-4-6-15(13)28-18(19,20)21;/h3-9H,10H2,1-2H3,(H3,22,23,24);1H. The number of carbonyl (C=O) groups excluding carboxylic acids is 1. The molecule has 0 saturated carbocycles. The van der Waals surface area contributed by atoms with Crippen LogP contribution in [0.5, 0.6) is 11.5 Å². The van der Waals surface area contributed by atoms with Crippen LogP contribution in [-0.4, -0.2) is 32.5 Å². The van der Waals surface area contributed by atoms with Crippen molar-refractivity contribution in [2.24, 2.45) is 10.7 Å². The van der Waals surface area contributed by atoms with Crippen molar-refractivity contribution in [3.8, 4) is 11.5 Å². The van der Waals surface area contributed by atoms with E-state index in [1.54, 1.807) is 12.1 Å². The van der Waals surface area contributed by atoms with Crippen LogP contribution < -0.4 is 20.5 Å². The number of alkyl halides is 3. The quantitative estimate of drug-likeness (QED) is 0.257. The van der Waals surface area contributed by atoms with E-state index in [1.807, 2.05) is 0 Å². The SMILES string of the molecule is COC(=O)c1cc(CN=C(N)Nc2ccccc2OC(F)(F)F)ccc1OC.I. The summed E-state index contributed by atoms with van der Waals surface area (Å²) in [5.74, 6) is -0.810. The minimum atomic E-state index is -4.84. The van der Waals surface area contributed by atoms with Crippen molar-refractivity contribution < 1.29 is 32.2 Å². The van der Waals surface area contributed by atoms with Crippen LogP contribution >= 0.6 is 24.0 Å². The smallest absolute Gasteiger partial charge is 0.496 e. The van der Waals surface area contributed by atoms with E-state index >= 15 is 0 Å². The van der Waals surface area contributed by atoms with Gasteiger partial charge in [-0.2, -0.15) is 0 Å². The Balaban J connectivity index is 0.00000420. The van der Waals surface area contributed by atoms with Gasteiger partial charge in [-0.25, -0.2) is 9.79 Å². The second-order valence-electron chi connectivity index (χ2n) is 5.40. The topological polar surface area (TPSA) is 95.2 Å². The maximum Gasteiger partial charge on any atom is 0.573 e. The van der Waals surface area contributed by atoms with E-state index in [0.29, 0.717) is 11.3 Å². The second-order valence-corrected chi connectivity index (χ2v) is 5.40. The van der Waals surface area contributed by atoms with E-state index in [0.717, 1.165) is 6.07 Å². The first-order valence-electron chi connectivity index (χ1n) is 7.90. The van der Waals surface area contributed by atoms with Gasteiger partial charge in [-0.05, 0) is 29.8 Å². The van der Waals surface area contributed by atoms with Crippen LogP contribution in [0.25, 0.3) is 0 Å². The normalized spacial score (nSPS) is 11.3. The van der Waals surface area contributed by atoms with Crippen LogP contribution in [0, 0.1) is 0 Å². The molecule has 29 heavy (non-hydrogen) atoms. The highest BCUT2D eigenvalue weighted by molar-refractivity contribution is 14.0. The van der Waals surface area contributed by atoms with E-state index < -0.39 is 18.1 Å². The number of esters is 1. The maximum atomic E-state index is 12.5. The Labute approximate surface area is 182 Å². The number of aliphatic imine (C=N–C) groups is 1. The monoisotopic (exact) mass is 525 g/mol. The van der Waals surface area contributed by atoms with Gasteiger partial charge in [0, 0.05) is 0 Å². The van der Waals surface area contributed by atoms with Gasteiger partial charge in [0.15, 0.2) is 11.7 Å². The second kappa shape index (κ2) is 10.7. The summed E-state index contributed by atoms with van der Waals surface area (Å²) < 4.78 is 51.1. The van der Waals surface area contributed by atoms with Gasteiger partial charge in [-0.3, -0.25) is 0 Å². The van der Waals surface area contributed by atoms with E-state index in [1.165, 1.54) is 38.5 Å². The number of methoxy groups -OCH3 is 2. The summed E-state index contributed by atoms with van der Waals surface area (Å²) in [4.78, 5) is 15.9.